The van der Waals surface area contributed by atoms with E-state index in [2.05, 4.69) is 47.5 Å². The maximum atomic E-state index is 11.8. The Kier molecular flexibility index (Phi) is 17.0. The van der Waals surface area contributed by atoms with Crippen molar-refractivity contribution in [1.82, 2.24) is 0 Å². The second kappa shape index (κ2) is 18.2. The summed E-state index contributed by atoms with van der Waals surface area (Å²) in [6.45, 7) is 8.90. The monoisotopic (exact) mass is 500 g/mol. The molecule has 1 fully saturated rings. The number of rotatable bonds is 18. The lowest BCUT2D eigenvalue weighted by atomic mass is 10.0. The zero-order chi connectivity index (χ0) is 24.4. The van der Waals surface area contributed by atoms with E-state index in [9.17, 15) is 9.46 Å². The highest BCUT2D eigenvalue weighted by Gasteiger charge is 2.42. The van der Waals surface area contributed by atoms with Crippen molar-refractivity contribution in [2.45, 2.75) is 111 Å². The standard InChI is InChI=1S/C22H45O10P/c1-20(2)15-11-7-5-9-13-17-25-22(19-27-33(23,24)32-31-30-29-28-22)26-18-14-10-6-8-12-16-21(3)4/h20-21H,5-19H2,1-4H3,(H,23,24). The van der Waals surface area contributed by atoms with Crippen LogP contribution < -0.4 is 0 Å². The molecule has 0 aromatic rings. The minimum atomic E-state index is -4.56. The molecule has 1 N–H and O–H groups in total. The van der Waals surface area contributed by atoms with E-state index in [1.54, 1.807) is 0 Å². The smallest absolute Gasteiger partial charge is 0.324 e. The van der Waals surface area contributed by atoms with Crippen LogP contribution in [0.4, 0.5) is 0 Å². The summed E-state index contributed by atoms with van der Waals surface area (Å²) in [5.41, 5.74) is 0. The molecule has 0 amide bonds. The first-order chi connectivity index (χ1) is 15.7. The van der Waals surface area contributed by atoms with Crippen molar-refractivity contribution < 1.29 is 48.1 Å². The molecule has 1 saturated heterocycles. The molecule has 0 aliphatic carbocycles. The minimum Gasteiger partial charge on any atom is -0.324 e. The average Bonchev–Trinajstić information content (AvgIpc) is 2.81. The Hall–Kier alpha value is -0.130. The first-order valence-corrected chi connectivity index (χ1v) is 13.9. The highest BCUT2D eigenvalue weighted by atomic mass is 31.2. The quantitative estimate of drug-likeness (QED) is 0.0963. The fourth-order valence-electron chi connectivity index (χ4n) is 3.33. The second-order valence-corrected chi connectivity index (χ2v) is 10.7. The number of unbranched alkanes of at least 4 members (excludes halogenated alkanes) is 8. The topological polar surface area (TPSA) is 111 Å². The van der Waals surface area contributed by atoms with Gasteiger partial charge in [-0.15, -0.1) is 4.89 Å². The van der Waals surface area contributed by atoms with Gasteiger partial charge in [0.05, 0.1) is 13.2 Å². The summed E-state index contributed by atoms with van der Waals surface area (Å²) in [4.78, 5) is 14.6. The summed E-state index contributed by atoms with van der Waals surface area (Å²) in [6.07, 6.45) is 12.9. The SMILES string of the molecule is CC(C)CCCCCCCOC1(OCCCCCCCC(C)C)COP(=O)(O)OOOOO1. The average molecular weight is 501 g/mol. The molecule has 0 bridgehead atoms. The van der Waals surface area contributed by atoms with Gasteiger partial charge < -0.3 is 14.4 Å². The Morgan fingerprint density at radius 1 is 0.758 bits per heavy atom. The maximum absolute atomic E-state index is 11.8. The number of ether oxygens (including phenoxy) is 2. The molecule has 0 saturated carbocycles. The molecule has 33 heavy (non-hydrogen) atoms. The van der Waals surface area contributed by atoms with E-state index in [1.165, 1.54) is 38.5 Å². The van der Waals surface area contributed by atoms with Gasteiger partial charge in [-0.1, -0.05) is 96.6 Å². The predicted octanol–water partition coefficient (Wildman–Crippen LogP) is 6.54. The number of phosphoric acid groups is 1. The first-order valence-electron chi connectivity index (χ1n) is 12.4. The van der Waals surface area contributed by atoms with Gasteiger partial charge in [-0.05, 0) is 39.8 Å². The van der Waals surface area contributed by atoms with E-state index in [-0.39, 0.29) is 13.2 Å². The second-order valence-electron chi connectivity index (χ2n) is 9.38. The fourth-order valence-corrected chi connectivity index (χ4v) is 3.80. The predicted molar refractivity (Wildman–Crippen MR) is 121 cm³/mol. The molecular formula is C22H45O10P. The summed E-state index contributed by atoms with van der Waals surface area (Å²) in [7, 11) is -4.56. The molecule has 0 radical (unpaired) electrons. The Labute approximate surface area is 198 Å². The molecule has 10 nitrogen and oxygen atoms in total. The fraction of sp³-hybridized carbons (Fsp3) is 1.00. The zero-order valence-corrected chi connectivity index (χ0v) is 21.7. The lowest BCUT2D eigenvalue weighted by Gasteiger charge is -2.29. The summed E-state index contributed by atoms with van der Waals surface area (Å²) in [6, 6.07) is 0. The van der Waals surface area contributed by atoms with Crippen LogP contribution in [0.5, 0.6) is 0 Å². The van der Waals surface area contributed by atoms with Crippen LogP contribution in [0.3, 0.4) is 0 Å². The van der Waals surface area contributed by atoms with Gasteiger partial charge in [-0.2, -0.15) is 0 Å². The lowest BCUT2D eigenvalue weighted by molar-refractivity contribution is -0.725. The van der Waals surface area contributed by atoms with Gasteiger partial charge in [0.25, 0.3) is 0 Å². The third-order valence-corrected chi connectivity index (χ3v) is 5.95. The molecule has 1 unspecified atom stereocenters. The largest absolute Gasteiger partial charge is 0.502 e. The van der Waals surface area contributed by atoms with Crippen LogP contribution in [0.25, 0.3) is 0 Å². The third kappa shape index (κ3) is 17.0. The van der Waals surface area contributed by atoms with E-state index in [0.717, 1.165) is 50.4 Å². The summed E-state index contributed by atoms with van der Waals surface area (Å²) >= 11 is 0. The Morgan fingerprint density at radius 2 is 1.24 bits per heavy atom. The molecule has 1 aliphatic rings. The summed E-state index contributed by atoms with van der Waals surface area (Å²) < 4.78 is 32.2. The van der Waals surface area contributed by atoms with Crippen LogP contribution in [-0.4, -0.2) is 30.7 Å². The van der Waals surface area contributed by atoms with Gasteiger partial charge >= 0.3 is 13.8 Å². The van der Waals surface area contributed by atoms with Crippen molar-refractivity contribution in [2.24, 2.45) is 11.8 Å². The van der Waals surface area contributed by atoms with Crippen molar-refractivity contribution in [2.75, 3.05) is 19.8 Å². The Morgan fingerprint density at radius 3 is 1.76 bits per heavy atom. The molecule has 1 aliphatic heterocycles. The normalized spacial score (nSPS) is 21.8. The van der Waals surface area contributed by atoms with Crippen molar-refractivity contribution in [3.05, 3.63) is 0 Å². The minimum absolute atomic E-state index is 0.281. The maximum Gasteiger partial charge on any atom is 0.502 e. The molecule has 198 valence electrons. The van der Waals surface area contributed by atoms with E-state index in [0.29, 0.717) is 0 Å². The number of hydrogen-bond donors (Lipinski definition) is 1. The molecule has 1 atom stereocenters. The van der Waals surface area contributed by atoms with E-state index >= 15 is 0 Å². The Bertz CT molecular complexity index is 493. The molecule has 0 aromatic heterocycles. The van der Waals surface area contributed by atoms with E-state index in [1.807, 2.05) is 0 Å². The van der Waals surface area contributed by atoms with Crippen molar-refractivity contribution >= 4 is 7.82 Å². The van der Waals surface area contributed by atoms with Gasteiger partial charge in [0.15, 0.2) is 0 Å². The molecule has 1 heterocycles. The van der Waals surface area contributed by atoms with Crippen LogP contribution in [0.15, 0.2) is 0 Å². The van der Waals surface area contributed by atoms with E-state index in [4.69, 9.17) is 18.9 Å². The van der Waals surface area contributed by atoms with Crippen LogP contribution in [0.1, 0.15) is 105 Å². The van der Waals surface area contributed by atoms with Gasteiger partial charge in [-0.3, -0.25) is 4.52 Å². The molecule has 1 rings (SSSR count). The summed E-state index contributed by atoms with van der Waals surface area (Å²) in [5.74, 6) is -0.433. The van der Waals surface area contributed by atoms with Crippen LogP contribution in [0, 0.1) is 11.8 Å². The van der Waals surface area contributed by atoms with Gasteiger partial charge in [0.2, 0.25) is 0 Å². The highest BCUT2D eigenvalue weighted by Crippen LogP contribution is 2.45. The van der Waals surface area contributed by atoms with Gasteiger partial charge in [0, 0.05) is 0 Å². The van der Waals surface area contributed by atoms with Crippen LogP contribution in [-0.2, 0) is 43.2 Å². The number of phosphoric ester groups is 1. The van der Waals surface area contributed by atoms with Crippen molar-refractivity contribution in [3.63, 3.8) is 0 Å². The van der Waals surface area contributed by atoms with Gasteiger partial charge in [-0.25, -0.2) is 4.57 Å². The molecule has 0 aromatic carbocycles. The van der Waals surface area contributed by atoms with Crippen LogP contribution >= 0.6 is 7.82 Å². The molecular weight excluding hydrogens is 455 g/mol. The first kappa shape index (κ1) is 30.9. The third-order valence-electron chi connectivity index (χ3n) is 5.24. The summed E-state index contributed by atoms with van der Waals surface area (Å²) in [5, 5.41) is 12.5. The van der Waals surface area contributed by atoms with E-state index < -0.39 is 20.4 Å². The highest BCUT2D eigenvalue weighted by molar-refractivity contribution is 7.47. The lowest BCUT2D eigenvalue weighted by Crippen LogP contribution is -2.44. The van der Waals surface area contributed by atoms with Gasteiger partial charge in [0.1, 0.15) is 6.61 Å². The van der Waals surface area contributed by atoms with Crippen molar-refractivity contribution in [3.8, 4) is 0 Å². The number of hydrogen-bond acceptors (Lipinski definition) is 9. The van der Waals surface area contributed by atoms with Crippen molar-refractivity contribution in [1.29, 1.82) is 0 Å². The zero-order valence-electron chi connectivity index (χ0n) is 20.8. The Balaban J connectivity index is 2.43. The van der Waals surface area contributed by atoms with Crippen LogP contribution in [0.2, 0.25) is 0 Å². The molecule has 0 spiro atoms. The molecule has 11 heteroatoms.